The van der Waals surface area contributed by atoms with Crippen molar-refractivity contribution in [3.05, 3.63) is 42.1 Å². The molecule has 1 amide bonds. The minimum atomic E-state index is -0.259. The Morgan fingerprint density at radius 2 is 1.69 bits per heavy atom. The lowest BCUT2D eigenvalue weighted by Crippen LogP contribution is -2.21. The smallest absolute Gasteiger partial charge is 0.276 e. The number of benzene rings is 1. The molecular formula is C20H29N5O. The number of amides is 1. The molecule has 1 aromatic heterocycles. The highest BCUT2D eigenvalue weighted by atomic mass is 16.1. The summed E-state index contributed by atoms with van der Waals surface area (Å²) in [6, 6.07) is 11.3. The number of rotatable bonds is 10. The average molecular weight is 355 g/mol. The average Bonchev–Trinajstić information content (AvgIpc) is 2.68. The Balaban J connectivity index is 1.90. The summed E-state index contributed by atoms with van der Waals surface area (Å²) in [6.07, 6.45) is 3.47. The van der Waals surface area contributed by atoms with Crippen LogP contribution in [0.4, 0.5) is 17.2 Å². The number of aromatic nitrogens is 2. The van der Waals surface area contributed by atoms with Crippen molar-refractivity contribution in [1.82, 2.24) is 10.2 Å². The Hall–Kier alpha value is -2.63. The molecule has 0 aliphatic rings. The Labute approximate surface area is 156 Å². The van der Waals surface area contributed by atoms with Crippen LogP contribution in [0.3, 0.4) is 0 Å². The molecule has 26 heavy (non-hydrogen) atoms. The largest absolute Gasteiger partial charge is 0.372 e. The predicted molar refractivity (Wildman–Crippen MR) is 108 cm³/mol. The molecular weight excluding hydrogens is 326 g/mol. The molecule has 0 atom stereocenters. The van der Waals surface area contributed by atoms with Crippen molar-refractivity contribution in [3.63, 3.8) is 0 Å². The first-order valence-corrected chi connectivity index (χ1v) is 9.41. The van der Waals surface area contributed by atoms with Gasteiger partial charge in [0.05, 0.1) is 0 Å². The summed E-state index contributed by atoms with van der Waals surface area (Å²) < 4.78 is 0. The molecule has 0 aliphatic heterocycles. The van der Waals surface area contributed by atoms with Crippen molar-refractivity contribution in [1.29, 1.82) is 0 Å². The quantitative estimate of drug-likeness (QED) is 0.626. The normalized spacial score (nSPS) is 10.4. The Morgan fingerprint density at radius 1 is 0.962 bits per heavy atom. The van der Waals surface area contributed by atoms with E-state index < -0.39 is 0 Å². The van der Waals surface area contributed by atoms with Gasteiger partial charge in [0.15, 0.2) is 5.69 Å². The van der Waals surface area contributed by atoms with E-state index in [1.165, 1.54) is 12.8 Å². The molecule has 6 nitrogen and oxygen atoms in total. The second kappa shape index (κ2) is 10.4. The van der Waals surface area contributed by atoms with Gasteiger partial charge in [0.2, 0.25) is 0 Å². The van der Waals surface area contributed by atoms with Gasteiger partial charge >= 0.3 is 0 Å². The van der Waals surface area contributed by atoms with E-state index in [9.17, 15) is 4.79 Å². The third-order valence-corrected chi connectivity index (χ3v) is 4.24. The minimum Gasteiger partial charge on any atom is -0.372 e. The van der Waals surface area contributed by atoms with E-state index in [4.69, 9.17) is 0 Å². The molecule has 140 valence electrons. The number of carbonyl (C=O) groups is 1. The van der Waals surface area contributed by atoms with E-state index in [1.54, 1.807) is 12.1 Å². The zero-order valence-corrected chi connectivity index (χ0v) is 16.0. The number of unbranched alkanes of at least 4 members (excludes halogenated alkanes) is 2. The first-order valence-electron chi connectivity index (χ1n) is 9.41. The molecule has 0 saturated heterocycles. The fraction of sp³-hybridized carbons (Fsp3) is 0.450. The van der Waals surface area contributed by atoms with Gasteiger partial charge in [-0.25, -0.2) is 0 Å². The molecule has 2 aromatic rings. The monoisotopic (exact) mass is 355 g/mol. The molecule has 1 aromatic carbocycles. The van der Waals surface area contributed by atoms with Crippen molar-refractivity contribution in [2.24, 2.45) is 0 Å². The van der Waals surface area contributed by atoms with Crippen molar-refractivity contribution in [3.8, 4) is 0 Å². The van der Waals surface area contributed by atoms with Crippen LogP contribution in [0, 0.1) is 0 Å². The van der Waals surface area contributed by atoms with Crippen LogP contribution in [0.25, 0.3) is 0 Å². The molecule has 0 spiro atoms. The van der Waals surface area contributed by atoms with Crippen LogP contribution >= 0.6 is 0 Å². The number of hydrogen-bond donors (Lipinski definition) is 2. The van der Waals surface area contributed by atoms with Crippen LogP contribution < -0.4 is 15.5 Å². The van der Waals surface area contributed by atoms with Crippen LogP contribution in [0.2, 0.25) is 0 Å². The highest BCUT2D eigenvalue weighted by Gasteiger charge is 2.09. The molecule has 2 N–H and O–H groups in total. The number of hydrogen-bond acceptors (Lipinski definition) is 5. The SMILES string of the molecule is CCCCCNc1ccc(C(=O)Nc2ccc(N(CC)CC)cc2)nn1. The number of carbonyl (C=O) groups excluding carboxylic acids is 1. The van der Waals surface area contributed by atoms with Crippen molar-refractivity contribution in [2.75, 3.05) is 35.2 Å². The third-order valence-electron chi connectivity index (χ3n) is 4.24. The van der Waals surface area contributed by atoms with Gasteiger partial charge < -0.3 is 15.5 Å². The van der Waals surface area contributed by atoms with Gasteiger partial charge in [0.25, 0.3) is 5.91 Å². The van der Waals surface area contributed by atoms with Gasteiger partial charge in [-0.3, -0.25) is 4.79 Å². The number of nitrogens with zero attached hydrogens (tertiary/aromatic N) is 3. The maximum atomic E-state index is 12.3. The summed E-state index contributed by atoms with van der Waals surface area (Å²) in [5.74, 6) is 0.437. The highest BCUT2D eigenvalue weighted by molar-refractivity contribution is 6.02. The van der Waals surface area contributed by atoms with Crippen molar-refractivity contribution >= 4 is 23.1 Å². The fourth-order valence-electron chi connectivity index (χ4n) is 2.68. The summed E-state index contributed by atoms with van der Waals surface area (Å²) in [4.78, 5) is 14.6. The lowest BCUT2D eigenvalue weighted by molar-refractivity contribution is 0.102. The number of nitrogens with one attached hydrogen (secondary N) is 2. The first-order chi connectivity index (χ1) is 12.7. The fourth-order valence-corrected chi connectivity index (χ4v) is 2.68. The van der Waals surface area contributed by atoms with Gasteiger partial charge in [-0.05, 0) is 56.7 Å². The Bertz CT molecular complexity index is 666. The summed E-state index contributed by atoms with van der Waals surface area (Å²) in [6.45, 7) is 9.20. The van der Waals surface area contributed by atoms with Crippen LogP contribution in [-0.2, 0) is 0 Å². The summed E-state index contributed by atoms with van der Waals surface area (Å²) in [5, 5.41) is 14.2. The molecule has 1 heterocycles. The second-order valence-corrected chi connectivity index (χ2v) is 6.11. The lowest BCUT2D eigenvalue weighted by Gasteiger charge is -2.21. The van der Waals surface area contributed by atoms with Crippen LogP contribution in [-0.4, -0.2) is 35.7 Å². The van der Waals surface area contributed by atoms with Crippen molar-refractivity contribution < 1.29 is 4.79 Å². The minimum absolute atomic E-state index is 0.259. The van der Waals surface area contributed by atoms with E-state index in [-0.39, 0.29) is 5.91 Å². The first kappa shape index (κ1) is 19.7. The van der Waals surface area contributed by atoms with E-state index in [0.29, 0.717) is 11.5 Å². The molecule has 0 saturated carbocycles. The predicted octanol–water partition coefficient (Wildman–Crippen LogP) is 4.18. The van der Waals surface area contributed by atoms with Crippen LogP contribution in [0.5, 0.6) is 0 Å². The second-order valence-electron chi connectivity index (χ2n) is 6.11. The molecule has 2 rings (SSSR count). The maximum absolute atomic E-state index is 12.3. The molecule has 0 unspecified atom stereocenters. The van der Waals surface area contributed by atoms with Gasteiger partial charge in [-0.1, -0.05) is 19.8 Å². The summed E-state index contributed by atoms with van der Waals surface area (Å²) in [5.41, 5.74) is 2.19. The van der Waals surface area contributed by atoms with Gasteiger partial charge in [-0.15, -0.1) is 10.2 Å². The van der Waals surface area contributed by atoms with E-state index in [1.807, 2.05) is 24.3 Å². The van der Waals surface area contributed by atoms with Gasteiger partial charge in [0, 0.05) is 31.0 Å². The Morgan fingerprint density at radius 3 is 2.27 bits per heavy atom. The van der Waals surface area contributed by atoms with Gasteiger partial charge in [-0.2, -0.15) is 0 Å². The van der Waals surface area contributed by atoms with E-state index >= 15 is 0 Å². The van der Waals surface area contributed by atoms with Crippen molar-refractivity contribution in [2.45, 2.75) is 40.0 Å². The zero-order chi connectivity index (χ0) is 18.8. The molecule has 0 fully saturated rings. The maximum Gasteiger partial charge on any atom is 0.276 e. The topological polar surface area (TPSA) is 70.2 Å². The van der Waals surface area contributed by atoms with Gasteiger partial charge in [0.1, 0.15) is 5.82 Å². The third kappa shape index (κ3) is 5.72. The van der Waals surface area contributed by atoms with Crippen LogP contribution in [0.1, 0.15) is 50.5 Å². The summed E-state index contributed by atoms with van der Waals surface area (Å²) in [7, 11) is 0. The van der Waals surface area contributed by atoms with E-state index in [2.05, 4.69) is 46.5 Å². The molecule has 0 aliphatic carbocycles. The highest BCUT2D eigenvalue weighted by Crippen LogP contribution is 2.18. The van der Waals surface area contributed by atoms with E-state index in [0.717, 1.165) is 37.4 Å². The molecule has 0 bridgehead atoms. The summed E-state index contributed by atoms with van der Waals surface area (Å²) >= 11 is 0. The Kier molecular flexibility index (Phi) is 7.86. The molecule has 6 heteroatoms. The molecule has 0 radical (unpaired) electrons. The standard InChI is InChI=1S/C20H29N5O/c1-4-7-8-15-21-19-14-13-18(23-24-19)20(26)22-16-9-11-17(12-10-16)25(5-2)6-3/h9-14H,4-8,15H2,1-3H3,(H,21,24)(H,22,26). The zero-order valence-electron chi connectivity index (χ0n) is 16.0. The number of anilines is 3. The lowest BCUT2D eigenvalue weighted by atomic mass is 10.2. The van der Waals surface area contributed by atoms with Crippen LogP contribution in [0.15, 0.2) is 36.4 Å².